The van der Waals surface area contributed by atoms with Crippen molar-refractivity contribution in [3.05, 3.63) is 30.0 Å². The summed E-state index contributed by atoms with van der Waals surface area (Å²) in [4.78, 5) is 6.99. The third kappa shape index (κ3) is 2.56. The molecule has 1 aromatic carbocycles. The normalized spacial score (nSPS) is 15.6. The molecule has 0 radical (unpaired) electrons. The van der Waals surface area contributed by atoms with Crippen LogP contribution in [0.5, 0.6) is 5.75 Å². The summed E-state index contributed by atoms with van der Waals surface area (Å²) in [6.45, 7) is 8.15. The summed E-state index contributed by atoms with van der Waals surface area (Å²) in [5.74, 6) is 0.903. The number of nitrogens with zero attached hydrogens (tertiary/aromatic N) is 2. The highest BCUT2D eigenvalue weighted by Gasteiger charge is 2.15. The van der Waals surface area contributed by atoms with Crippen LogP contribution < -0.4 is 9.64 Å². The van der Waals surface area contributed by atoms with Crippen LogP contribution in [-0.2, 0) is 4.74 Å². The molecule has 2 heterocycles. The Kier molecular flexibility index (Phi) is 3.74. The summed E-state index contributed by atoms with van der Waals surface area (Å²) in [7, 11) is 0. The van der Waals surface area contributed by atoms with E-state index in [0.717, 1.165) is 48.6 Å². The van der Waals surface area contributed by atoms with Gasteiger partial charge in [-0.2, -0.15) is 0 Å². The molecular weight excluding hydrogens is 252 g/mol. The third-order valence-corrected chi connectivity index (χ3v) is 3.55. The Morgan fingerprint density at radius 2 is 2.05 bits per heavy atom. The lowest BCUT2D eigenvalue weighted by molar-refractivity contribution is 0.123. The van der Waals surface area contributed by atoms with E-state index < -0.39 is 0 Å². The average molecular weight is 272 g/mol. The van der Waals surface area contributed by atoms with Crippen molar-refractivity contribution in [1.29, 1.82) is 0 Å². The van der Waals surface area contributed by atoms with Crippen LogP contribution in [0.2, 0.25) is 0 Å². The summed E-state index contributed by atoms with van der Waals surface area (Å²) in [5.41, 5.74) is 3.30. The molecule has 0 bridgehead atoms. The summed E-state index contributed by atoms with van der Waals surface area (Å²) in [6, 6.07) is 8.28. The summed E-state index contributed by atoms with van der Waals surface area (Å²) >= 11 is 0. The van der Waals surface area contributed by atoms with E-state index in [2.05, 4.69) is 22.0 Å². The van der Waals surface area contributed by atoms with E-state index >= 15 is 0 Å². The molecule has 20 heavy (non-hydrogen) atoms. The SMILES string of the molecule is CCOc1ccc2nc(C)cc(N3CCOCC3)c2c1. The van der Waals surface area contributed by atoms with E-state index in [4.69, 9.17) is 9.47 Å². The number of hydrogen-bond acceptors (Lipinski definition) is 4. The molecule has 2 aromatic rings. The van der Waals surface area contributed by atoms with Crippen LogP contribution in [0.3, 0.4) is 0 Å². The van der Waals surface area contributed by atoms with Gasteiger partial charge in [-0.15, -0.1) is 0 Å². The van der Waals surface area contributed by atoms with Gasteiger partial charge in [-0.05, 0) is 38.1 Å². The number of aromatic nitrogens is 1. The topological polar surface area (TPSA) is 34.6 Å². The van der Waals surface area contributed by atoms with Gasteiger partial charge in [-0.25, -0.2) is 0 Å². The molecule has 1 saturated heterocycles. The van der Waals surface area contributed by atoms with E-state index in [1.54, 1.807) is 0 Å². The lowest BCUT2D eigenvalue weighted by atomic mass is 10.1. The van der Waals surface area contributed by atoms with Crippen molar-refractivity contribution in [2.75, 3.05) is 37.8 Å². The lowest BCUT2D eigenvalue weighted by Gasteiger charge is -2.30. The predicted octanol–water partition coefficient (Wildman–Crippen LogP) is 2.78. The van der Waals surface area contributed by atoms with Crippen LogP contribution >= 0.6 is 0 Å². The zero-order valence-corrected chi connectivity index (χ0v) is 12.1. The average Bonchev–Trinajstić information content (AvgIpc) is 2.48. The number of hydrogen-bond donors (Lipinski definition) is 0. The first kappa shape index (κ1) is 13.2. The second-order valence-corrected chi connectivity index (χ2v) is 4.99. The van der Waals surface area contributed by atoms with E-state index in [9.17, 15) is 0 Å². The summed E-state index contributed by atoms with van der Waals surface area (Å²) in [6.07, 6.45) is 0. The number of aryl methyl sites for hydroxylation is 1. The van der Waals surface area contributed by atoms with Crippen molar-refractivity contribution in [3.8, 4) is 5.75 Å². The number of morpholine rings is 1. The highest BCUT2D eigenvalue weighted by Crippen LogP contribution is 2.30. The molecule has 0 unspecified atom stereocenters. The first-order valence-electron chi connectivity index (χ1n) is 7.15. The van der Waals surface area contributed by atoms with E-state index in [-0.39, 0.29) is 0 Å². The first-order valence-corrected chi connectivity index (χ1v) is 7.15. The Morgan fingerprint density at radius 3 is 2.80 bits per heavy atom. The molecule has 0 aliphatic carbocycles. The van der Waals surface area contributed by atoms with Crippen molar-refractivity contribution in [3.63, 3.8) is 0 Å². The second kappa shape index (κ2) is 5.67. The molecule has 0 amide bonds. The first-order chi connectivity index (χ1) is 9.78. The van der Waals surface area contributed by atoms with E-state index in [1.807, 2.05) is 26.0 Å². The highest BCUT2D eigenvalue weighted by atomic mass is 16.5. The zero-order valence-electron chi connectivity index (χ0n) is 12.1. The molecule has 106 valence electrons. The van der Waals surface area contributed by atoms with Gasteiger partial charge < -0.3 is 14.4 Å². The molecule has 0 N–H and O–H groups in total. The summed E-state index contributed by atoms with van der Waals surface area (Å²) < 4.78 is 11.1. The maximum atomic E-state index is 5.62. The number of ether oxygens (including phenoxy) is 2. The largest absolute Gasteiger partial charge is 0.494 e. The van der Waals surface area contributed by atoms with Crippen LogP contribution in [0.4, 0.5) is 5.69 Å². The smallest absolute Gasteiger partial charge is 0.120 e. The van der Waals surface area contributed by atoms with Gasteiger partial charge in [0.25, 0.3) is 0 Å². The van der Waals surface area contributed by atoms with Crippen LogP contribution in [0.15, 0.2) is 24.3 Å². The van der Waals surface area contributed by atoms with Crippen LogP contribution in [-0.4, -0.2) is 37.9 Å². The zero-order chi connectivity index (χ0) is 13.9. The van der Waals surface area contributed by atoms with E-state index in [1.165, 1.54) is 5.69 Å². The van der Waals surface area contributed by atoms with Crippen molar-refractivity contribution in [2.45, 2.75) is 13.8 Å². The molecule has 0 spiro atoms. The fourth-order valence-corrected chi connectivity index (χ4v) is 2.64. The molecule has 1 aliphatic heterocycles. The molecule has 4 heteroatoms. The quantitative estimate of drug-likeness (QED) is 0.860. The van der Waals surface area contributed by atoms with Crippen molar-refractivity contribution in [2.24, 2.45) is 0 Å². The Hall–Kier alpha value is -1.81. The van der Waals surface area contributed by atoms with Gasteiger partial charge in [0.1, 0.15) is 5.75 Å². The number of pyridine rings is 1. The van der Waals surface area contributed by atoms with Gasteiger partial charge in [0, 0.05) is 29.9 Å². The second-order valence-electron chi connectivity index (χ2n) is 4.99. The Bertz CT molecular complexity index is 607. The van der Waals surface area contributed by atoms with Gasteiger partial charge in [-0.3, -0.25) is 4.98 Å². The van der Waals surface area contributed by atoms with Crippen molar-refractivity contribution < 1.29 is 9.47 Å². The number of fused-ring (bicyclic) bond motifs is 1. The van der Waals surface area contributed by atoms with Crippen molar-refractivity contribution >= 4 is 16.6 Å². The fourth-order valence-electron chi connectivity index (χ4n) is 2.64. The van der Waals surface area contributed by atoms with Gasteiger partial charge in [0.15, 0.2) is 0 Å². The van der Waals surface area contributed by atoms with Gasteiger partial charge >= 0.3 is 0 Å². The number of anilines is 1. The van der Waals surface area contributed by atoms with Crippen LogP contribution in [0, 0.1) is 6.92 Å². The van der Waals surface area contributed by atoms with Crippen LogP contribution in [0.1, 0.15) is 12.6 Å². The Balaban J connectivity index is 2.09. The fraction of sp³-hybridized carbons (Fsp3) is 0.438. The minimum Gasteiger partial charge on any atom is -0.494 e. The molecule has 1 aromatic heterocycles. The maximum absolute atomic E-state index is 5.62. The minimum atomic E-state index is 0.678. The highest BCUT2D eigenvalue weighted by molar-refractivity contribution is 5.93. The third-order valence-electron chi connectivity index (χ3n) is 3.55. The standard InChI is InChI=1S/C16H20N2O2/c1-3-20-13-4-5-15-14(11-13)16(10-12(2)17-15)18-6-8-19-9-7-18/h4-5,10-11H,3,6-9H2,1-2H3. The molecule has 1 aliphatic rings. The minimum absolute atomic E-state index is 0.678. The Morgan fingerprint density at radius 1 is 1.25 bits per heavy atom. The molecule has 4 nitrogen and oxygen atoms in total. The van der Waals surface area contributed by atoms with Gasteiger partial charge in [-0.1, -0.05) is 0 Å². The molecule has 0 saturated carbocycles. The Labute approximate surface area is 119 Å². The monoisotopic (exact) mass is 272 g/mol. The molecule has 1 fully saturated rings. The van der Waals surface area contributed by atoms with Gasteiger partial charge in [0.05, 0.1) is 25.3 Å². The van der Waals surface area contributed by atoms with E-state index in [0.29, 0.717) is 6.61 Å². The van der Waals surface area contributed by atoms with Crippen molar-refractivity contribution in [1.82, 2.24) is 4.98 Å². The maximum Gasteiger partial charge on any atom is 0.120 e. The number of benzene rings is 1. The number of rotatable bonds is 3. The van der Waals surface area contributed by atoms with Crippen LogP contribution in [0.25, 0.3) is 10.9 Å². The van der Waals surface area contributed by atoms with Gasteiger partial charge in [0.2, 0.25) is 0 Å². The lowest BCUT2D eigenvalue weighted by Crippen LogP contribution is -2.36. The molecular formula is C16H20N2O2. The molecule has 0 atom stereocenters. The predicted molar refractivity (Wildman–Crippen MR) is 80.7 cm³/mol. The summed E-state index contributed by atoms with van der Waals surface area (Å²) in [5, 5.41) is 1.16. The molecule has 3 rings (SSSR count).